The van der Waals surface area contributed by atoms with E-state index in [1.807, 2.05) is 0 Å². The van der Waals surface area contributed by atoms with Crippen LogP contribution in [0.4, 0.5) is 0 Å². The summed E-state index contributed by atoms with van der Waals surface area (Å²) in [6.45, 7) is 6.94. The minimum Gasteiger partial charge on any atom is -0.314 e. The Balaban J connectivity index is 0.00000133. The van der Waals surface area contributed by atoms with Crippen molar-refractivity contribution in [3.63, 3.8) is 0 Å². The molecule has 2 saturated heterocycles. The molecular weight excluding hydrogens is 324 g/mol. The van der Waals surface area contributed by atoms with Gasteiger partial charge in [0.25, 0.3) is 0 Å². The number of nitrogens with zero attached hydrogens (tertiary/aromatic N) is 1. The first-order chi connectivity index (χ1) is 8.72. The Morgan fingerprint density at radius 2 is 2.21 bits per heavy atom. The van der Waals surface area contributed by atoms with E-state index >= 15 is 0 Å². The van der Waals surface area contributed by atoms with E-state index in [0.29, 0.717) is 0 Å². The zero-order chi connectivity index (χ0) is 12.5. The average molecular weight is 346 g/mol. The van der Waals surface area contributed by atoms with E-state index in [2.05, 4.69) is 51.3 Å². The zero-order valence-electron chi connectivity index (χ0n) is 11.4. The highest BCUT2D eigenvalue weighted by Gasteiger charge is 2.32. The van der Waals surface area contributed by atoms with Gasteiger partial charge in [-0.05, 0) is 56.0 Å². The van der Waals surface area contributed by atoms with Gasteiger partial charge in [-0.3, -0.25) is 4.90 Å². The molecule has 2 atom stereocenters. The van der Waals surface area contributed by atoms with Crippen molar-refractivity contribution in [2.75, 3.05) is 19.6 Å². The third-order valence-electron chi connectivity index (χ3n) is 4.34. The van der Waals surface area contributed by atoms with Crippen LogP contribution in [0.5, 0.6) is 0 Å². The van der Waals surface area contributed by atoms with Gasteiger partial charge in [-0.25, -0.2) is 0 Å². The average Bonchev–Trinajstić information content (AvgIpc) is 2.80. The molecule has 0 amide bonds. The van der Waals surface area contributed by atoms with Crippen LogP contribution in [0.1, 0.15) is 24.0 Å². The summed E-state index contributed by atoms with van der Waals surface area (Å²) in [6.07, 6.45) is 2.67. The summed E-state index contributed by atoms with van der Waals surface area (Å²) in [5.74, 6) is 0.878. The van der Waals surface area contributed by atoms with E-state index in [-0.39, 0.29) is 12.4 Å². The lowest BCUT2D eigenvalue weighted by atomic mass is 9.93. The van der Waals surface area contributed by atoms with Crippen LogP contribution in [-0.4, -0.2) is 30.6 Å². The lowest BCUT2D eigenvalue weighted by molar-refractivity contribution is 0.155. The fraction of sp³-hybridized carbons (Fsp3) is 0.600. The molecule has 2 aliphatic rings. The number of fused-ring (bicyclic) bond motifs is 1. The van der Waals surface area contributed by atoms with Gasteiger partial charge in [0.05, 0.1) is 0 Å². The van der Waals surface area contributed by atoms with Gasteiger partial charge in [0.2, 0.25) is 0 Å². The van der Waals surface area contributed by atoms with Crippen LogP contribution in [0.2, 0.25) is 0 Å². The molecule has 3 rings (SSSR count). The maximum atomic E-state index is 3.69. The quantitative estimate of drug-likeness (QED) is 0.884. The summed E-state index contributed by atoms with van der Waals surface area (Å²) in [5, 5.41) is 3.63. The van der Waals surface area contributed by atoms with Crippen molar-refractivity contribution in [1.82, 2.24) is 10.2 Å². The molecule has 2 fully saturated rings. The molecule has 0 spiro atoms. The van der Waals surface area contributed by atoms with Crippen LogP contribution < -0.4 is 5.32 Å². The molecule has 106 valence electrons. The number of likely N-dealkylation sites (tertiary alicyclic amines) is 1. The number of benzene rings is 1. The highest BCUT2D eigenvalue weighted by molar-refractivity contribution is 9.10. The van der Waals surface area contributed by atoms with Crippen LogP contribution in [-0.2, 0) is 6.54 Å². The minimum atomic E-state index is 0. The largest absolute Gasteiger partial charge is 0.314 e. The summed E-state index contributed by atoms with van der Waals surface area (Å²) >= 11 is 3.69. The van der Waals surface area contributed by atoms with Crippen LogP contribution >= 0.6 is 28.3 Å². The Labute approximate surface area is 130 Å². The van der Waals surface area contributed by atoms with Gasteiger partial charge in [-0.1, -0.05) is 28.1 Å². The molecule has 1 N–H and O–H groups in total. The normalized spacial score (nSPS) is 26.8. The van der Waals surface area contributed by atoms with Crippen LogP contribution in [0.15, 0.2) is 22.7 Å². The van der Waals surface area contributed by atoms with Gasteiger partial charge in [-0.2, -0.15) is 0 Å². The van der Waals surface area contributed by atoms with Crippen LogP contribution in [0.25, 0.3) is 0 Å². The summed E-state index contributed by atoms with van der Waals surface area (Å²) in [7, 11) is 0. The van der Waals surface area contributed by atoms with E-state index in [4.69, 9.17) is 0 Å². The molecule has 1 aromatic carbocycles. The zero-order valence-corrected chi connectivity index (χ0v) is 13.8. The summed E-state index contributed by atoms with van der Waals surface area (Å²) in [6, 6.07) is 7.49. The highest BCUT2D eigenvalue weighted by atomic mass is 79.9. The Morgan fingerprint density at radius 3 is 3.00 bits per heavy atom. The van der Waals surface area contributed by atoms with Crippen molar-refractivity contribution in [2.45, 2.75) is 32.4 Å². The number of nitrogens with one attached hydrogen (secondary N) is 1. The topological polar surface area (TPSA) is 15.3 Å². The predicted molar refractivity (Wildman–Crippen MR) is 85.9 cm³/mol. The first-order valence-electron chi connectivity index (χ1n) is 6.93. The number of rotatable bonds is 2. The lowest BCUT2D eigenvalue weighted by Crippen LogP contribution is -2.43. The van der Waals surface area contributed by atoms with Crippen LogP contribution in [0.3, 0.4) is 0 Å². The Kier molecular flexibility index (Phi) is 5.29. The number of hydrogen-bond acceptors (Lipinski definition) is 2. The van der Waals surface area contributed by atoms with E-state index in [1.165, 1.54) is 48.1 Å². The first-order valence-corrected chi connectivity index (χ1v) is 7.72. The Hall–Kier alpha value is -0.0900. The van der Waals surface area contributed by atoms with E-state index in [1.54, 1.807) is 0 Å². The van der Waals surface area contributed by atoms with E-state index in [0.717, 1.165) is 18.5 Å². The fourth-order valence-corrected chi connectivity index (χ4v) is 3.91. The number of piperidine rings is 1. The van der Waals surface area contributed by atoms with Gasteiger partial charge in [0.1, 0.15) is 0 Å². The van der Waals surface area contributed by atoms with Gasteiger partial charge < -0.3 is 5.32 Å². The van der Waals surface area contributed by atoms with Crippen molar-refractivity contribution >= 4 is 28.3 Å². The third kappa shape index (κ3) is 3.52. The van der Waals surface area contributed by atoms with Crippen molar-refractivity contribution in [1.29, 1.82) is 0 Å². The molecule has 2 heterocycles. The molecule has 2 unspecified atom stereocenters. The Bertz CT molecular complexity index is 438. The van der Waals surface area contributed by atoms with Gasteiger partial charge in [0.15, 0.2) is 0 Å². The van der Waals surface area contributed by atoms with Crippen molar-refractivity contribution < 1.29 is 0 Å². The second kappa shape index (κ2) is 6.57. The van der Waals surface area contributed by atoms with E-state index < -0.39 is 0 Å². The molecule has 0 aromatic heterocycles. The van der Waals surface area contributed by atoms with Crippen molar-refractivity contribution in [2.24, 2.45) is 5.92 Å². The predicted octanol–water partition coefficient (Wildman–Crippen LogP) is 3.36. The maximum absolute atomic E-state index is 3.69. The van der Waals surface area contributed by atoms with Crippen LogP contribution in [0, 0.1) is 12.8 Å². The summed E-state index contributed by atoms with van der Waals surface area (Å²) in [5.41, 5.74) is 2.74. The molecule has 2 aliphatic heterocycles. The number of halogens is 2. The maximum Gasteiger partial charge on any atom is 0.0245 e. The summed E-state index contributed by atoms with van der Waals surface area (Å²) in [4.78, 5) is 2.61. The lowest BCUT2D eigenvalue weighted by Gasteiger charge is -2.35. The third-order valence-corrected chi connectivity index (χ3v) is 5.08. The summed E-state index contributed by atoms with van der Waals surface area (Å²) < 4.78 is 1.26. The molecule has 0 radical (unpaired) electrons. The molecule has 1 aromatic rings. The van der Waals surface area contributed by atoms with Crippen molar-refractivity contribution in [3.8, 4) is 0 Å². The standard InChI is InChI=1S/C15H21BrN2.ClH/c1-11-2-3-12(14(16)8-11)9-18-7-5-15-13(10-18)4-6-17-15;/h2-3,8,13,15,17H,4-7,9-10H2,1H3;1H. The molecule has 0 bridgehead atoms. The molecule has 0 aliphatic carbocycles. The highest BCUT2D eigenvalue weighted by Crippen LogP contribution is 2.27. The molecular formula is C15H22BrClN2. The van der Waals surface area contributed by atoms with Gasteiger partial charge in [0, 0.05) is 23.6 Å². The number of aryl methyl sites for hydroxylation is 1. The minimum absolute atomic E-state index is 0. The van der Waals surface area contributed by atoms with E-state index in [9.17, 15) is 0 Å². The second-order valence-corrected chi connectivity index (χ2v) is 6.58. The van der Waals surface area contributed by atoms with Crippen molar-refractivity contribution in [3.05, 3.63) is 33.8 Å². The molecule has 2 nitrogen and oxygen atoms in total. The first kappa shape index (κ1) is 15.3. The SMILES string of the molecule is Cc1ccc(CN2CCC3NCCC3C2)c(Br)c1.Cl. The molecule has 19 heavy (non-hydrogen) atoms. The number of hydrogen-bond donors (Lipinski definition) is 1. The Morgan fingerprint density at radius 1 is 1.37 bits per heavy atom. The molecule has 0 saturated carbocycles. The smallest absolute Gasteiger partial charge is 0.0245 e. The second-order valence-electron chi connectivity index (χ2n) is 5.73. The van der Waals surface area contributed by atoms with Gasteiger partial charge in [-0.15, -0.1) is 12.4 Å². The monoisotopic (exact) mass is 344 g/mol. The fourth-order valence-electron chi connectivity index (χ4n) is 3.29. The van der Waals surface area contributed by atoms with Gasteiger partial charge >= 0.3 is 0 Å². The molecule has 4 heteroatoms.